The smallest absolute Gasteiger partial charge is 0.238 e. The van der Waals surface area contributed by atoms with Gasteiger partial charge in [-0.2, -0.15) is 21.7 Å². The van der Waals surface area contributed by atoms with Crippen LogP contribution in [0.1, 0.15) is 88.5 Å². The largest absolute Gasteiger partial charge is 0.292 e. The summed E-state index contributed by atoms with van der Waals surface area (Å²) >= 11 is 2.47. The van der Waals surface area contributed by atoms with Crippen LogP contribution in [0.3, 0.4) is 0 Å². The SMILES string of the molecule is c1ccc(-c2nc(-c3ccccc3)nc(-n3c4ccccc4c4cc(C5CCC6C7C5CCCC7C5CCCC7SC8CCCCC8N6C75)ccc43)n2)cc1. The molecule has 2 aliphatic heterocycles. The Kier molecular flexibility index (Phi) is 8.02. The Labute approximate surface area is 329 Å². The minimum atomic E-state index is 0.638. The van der Waals surface area contributed by atoms with Crippen molar-refractivity contribution in [1.29, 1.82) is 0 Å². The van der Waals surface area contributed by atoms with Gasteiger partial charge in [-0.3, -0.25) is 9.47 Å². The van der Waals surface area contributed by atoms with Crippen LogP contribution in [0.15, 0.2) is 103 Å². The first-order valence-electron chi connectivity index (χ1n) is 21.6. The van der Waals surface area contributed by atoms with E-state index >= 15 is 0 Å². The number of hydrogen-bond acceptors (Lipinski definition) is 5. The maximum Gasteiger partial charge on any atom is 0.238 e. The summed E-state index contributed by atoms with van der Waals surface area (Å²) in [5.41, 5.74) is 5.88. The van der Waals surface area contributed by atoms with Crippen molar-refractivity contribution >= 4 is 33.6 Å². The summed E-state index contributed by atoms with van der Waals surface area (Å²) in [6.07, 6.45) is 17.3. The molecule has 6 heteroatoms. The molecule has 4 aromatic carbocycles. The second-order valence-electron chi connectivity index (χ2n) is 17.8. The number of hydrogen-bond donors (Lipinski definition) is 0. The summed E-state index contributed by atoms with van der Waals surface area (Å²) in [7, 11) is 0. The molecule has 10 atom stereocenters. The molecule has 0 radical (unpaired) electrons. The Morgan fingerprint density at radius 2 is 1.18 bits per heavy atom. The van der Waals surface area contributed by atoms with Crippen LogP contribution in [0, 0.1) is 23.7 Å². The summed E-state index contributed by atoms with van der Waals surface area (Å²) < 4.78 is 2.29. The molecular formula is C49H51N5S. The van der Waals surface area contributed by atoms with Crippen molar-refractivity contribution < 1.29 is 0 Å². The molecular weight excluding hydrogens is 691 g/mol. The Morgan fingerprint density at radius 1 is 0.509 bits per heavy atom. The van der Waals surface area contributed by atoms with Crippen molar-refractivity contribution in [2.75, 3.05) is 0 Å². The lowest BCUT2D eigenvalue weighted by Gasteiger charge is -2.68. The van der Waals surface area contributed by atoms with Gasteiger partial charge in [0.15, 0.2) is 11.6 Å². The van der Waals surface area contributed by atoms with Gasteiger partial charge in [0, 0.05) is 50.5 Å². The van der Waals surface area contributed by atoms with Crippen LogP contribution in [0.2, 0.25) is 0 Å². The summed E-state index contributed by atoms with van der Waals surface area (Å²) in [5, 5.41) is 4.39. The molecule has 6 aliphatic rings. The van der Waals surface area contributed by atoms with Gasteiger partial charge in [-0.25, -0.2) is 4.98 Å². The summed E-state index contributed by atoms with van der Waals surface area (Å²) in [5.74, 6) is 6.23. The van der Waals surface area contributed by atoms with Crippen LogP contribution >= 0.6 is 11.8 Å². The molecule has 6 aromatic rings. The van der Waals surface area contributed by atoms with Gasteiger partial charge in [-0.05, 0) is 105 Å². The van der Waals surface area contributed by atoms with Gasteiger partial charge < -0.3 is 0 Å². The Bertz CT molecular complexity index is 2320. The van der Waals surface area contributed by atoms with Crippen molar-refractivity contribution in [2.45, 2.75) is 112 Å². The van der Waals surface area contributed by atoms with Gasteiger partial charge in [-0.1, -0.05) is 111 Å². The van der Waals surface area contributed by atoms with E-state index in [4.69, 9.17) is 15.0 Å². The highest BCUT2D eigenvalue weighted by atomic mass is 32.2. The van der Waals surface area contributed by atoms with E-state index < -0.39 is 0 Å². The van der Waals surface area contributed by atoms with Gasteiger partial charge in [0.25, 0.3) is 0 Å². The van der Waals surface area contributed by atoms with E-state index in [0.717, 1.165) is 68.9 Å². The predicted molar refractivity (Wildman–Crippen MR) is 226 cm³/mol. The van der Waals surface area contributed by atoms with Crippen LogP contribution in [-0.4, -0.2) is 53.0 Å². The first kappa shape index (κ1) is 33.2. The molecule has 0 bridgehead atoms. The molecule has 2 saturated heterocycles. The van der Waals surface area contributed by atoms with Crippen molar-refractivity contribution in [3.8, 4) is 28.7 Å². The minimum Gasteiger partial charge on any atom is -0.292 e. The average Bonchev–Trinajstić information content (AvgIpc) is 3.59. The van der Waals surface area contributed by atoms with Crippen molar-refractivity contribution in [2.24, 2.45) is 23.7 Å². The van der Waals surface area contributed by atoms with Crippen molar-refractivity contribution in [3.05, 3.63) is 109 Å². The highest BCUT2D eigenvalue weighted by Gasteiger charge is 2.61. The number of nitrogens with zero attached hydrogens (tertiary/aromatic N) is 5. The minimum absolute atomic E-state index is 0.638. The van der Waals surface area contributed by atoms with E-state index in [1.807, 2.05) is 12.1 Å². The third-order valence-corrected chi connectivity index (χ3v) is 17.1. The first-order valence-corrected chi connectivity index (χ1v) is 22.6. The molecule has 4 saturated carbocycles. The third kappa shape index (κ3) is 5.26. The lowest BCUT2D eigenvalue weighted by atomic mass is 9.51. The number of fused-ring (bicyclic) bond motifs is 7. The van der Waals surface area contributed by atoms with Gasteiger partial charge in [-0.15, -0.1) is 0 Å². The molecule has 0 amide bonds. The van der Waals surface area contributed by atoms with E-state index in [1.54, 1.807) is 5.56 Å². The number of rotatable bonds is 4. The van der Waals surface area contributed by atoms with E-state index in [2.05, 4.69) is 112 Å². The highest BCUT2D eigenvalue weighted by molar-refractivity contribution is 8.00. The molecule has 12 rings (SSSR count). The Balaban J connectivity index is 0.958. The van der Waals surface area contributed by atoms with Gasteiger partial charge in [0.05, 0.1) is 11.0 Å². The second kappa shape index (κ2) is 13.3. The number of para-hydroxylation sites is 1. The van der Waals surface area contributed by atoms with Gasteiger partial charge in [0.1, 0.15) is 0 Å². The quantitative estimate of drug-likeness (QED) is 0.180. The zero-order valence-corrected chi connectivity index (χ0v) is 32.5. The van der Waals surface area contributed by atoms with Gasteiger partial charge in [0.2, 0.25) is 5.95 Å². The fourth-order valence-electron chi connectivity index (χ4n) is 13.4. The molecule has 10 unspecified atom stereocenters. The van der Waals surface area contributed by atoms with E-state index in [9.17, 15) is 0 Å². The topological polar surface area (TPSA) is 46.8 Å². The van der Waals surface area contributed by atoms with Crippen molar-refractivity contribution in [1.82, 2.24) is 24.4 Å². The molecule has 0 N–H and O–H groups in total. The molecule has 2 aromatic heterocycles. The summed E-state index contributed by atoms with van der Waals surface area (Å²) in [6.45, 7) is 0. The second-order valence-corrected chi connectivity index (χ2v) is 19.3. The Morgan fingerprint density at radius 3 is 2.00 bits per heavy atom. The molecule has 4 aliphatic carbocycles. The maximum absolute atomic E-state index is 5.19. The van der Waals surface area contributed by atoms with E-state index in [-0.39, 0.29) is 0 Å². The number of thioether (sulfide) groups is 1. The van der Waals surface area contributed by atoms with Gasteiger partial charge >= 0.3 is 0 Å². The van der Waals surface area contributed by atoms with Crippen LogP contribution in [0.5, 0.6) is 0 Å². The number of benzene rings is 4. The zero-order valence-electron chi connectivity index (χ0n) is 31.7. The fourth-order valence-corrected chi connectivity index (χ4v) is 15.4. The van der Waals surface area contributed by atoms with E-state index in [0.29, 0.717) is 23.5 Å². The molecule has 5 nitrogen and oxygen atoms in total. The zero-order chi connectivity index (χ0) is 36.0. The molecule has 0 spiro atoms. The highest BCUT2D eigenvalue weighted by Crippen LogP contribution is 2.62. The predicted octanol–water partition coefficient (Wildman–Crippen LogP) is 11.5. The van der Waals surface area contributed by atoms with Crippen molar-refractivity contribution in [3.63, 3.8) is 0 Å². The molecule has 6 fully saturated rings. The molecule has 278 valence electrons. The summed E-state index contributed by atoms with van der Waals surface area (Å²) in [4.78, 5) is 18.7. The summed E-state index contributed by atoms with van der Waals surface area (Å²) in [6, 6.07) is 39.6. The first-order chi connectivity index (χ1) is 27.3. The van der Waals surface area contributed by atoms with Crippen LogP contribution < -0.4 is 0 Å². The fraction of sp³-hybridized carbons (Fsp3) is 0.449. The standard InChI is InChI=1S/C49H51N5S/c1-3-13-30(14-4-1)47-50-48(31-15-5-2-6-16-31)52-49(51-47)54-39-21-8-7-17-34(39)38-29-32(25-27-40(38)54)33-26-28-42-45-35(33)18-11-19-36(45)37-20-12-24-44-46(37)53(42)41-22-9-10-23-43(41)55-44/h1-8,13-17,21,25,27,29,33,35-37,41-46H,9-12,18-20,22-24,26,28H2. The average molecular weight is 742 g/mol. The maximum atomic E-state index is 5.19. The monoisotopic (exact) mass is 741 g/mol. The van der Waals surface area contributed by atoms with Crippen LogP contribution in [-0.2, 0) is 0 Å². The lowest BCUT2D eigenvalue weighted by Crippen LogP contribution is -2.72. The van der Waals surface area contributed by atoms with Crippen LogP contribution in [0.4, 0.5) is 0 Å². The molecule has 55 heavy (non-hydrogen) atoms. The van der Waals surface area contributed by atoms with Crippen LogP contribution in [0.25, 0.3) is 50.5 Å². The third-order valence-electron chi connectivity index (χ3n) is 15.3. The lowest BCUT2D eigenvalue weighted by molar-refractivity contribution is -0.142. The van der Waals surface area contributed by atoms with E-state index in [1.165, 1.54) is 93.3 Å². The number of piperidine rings is 1. The number of aromatic nitrogens is 4. The molecule has 4 heterocycles. The Hall–Kier alpha value is -4.00. The normalized spacial score (nSPS) is 32.8.